The number of aliphatic imine (C=N–C) groups is 1. The maximum Gasteiger partial charge on any atom is 0.269 e. The first-order valence-corrected chi connectivity index (χ1v) is 10.8. The highest BCUT2D eigenvalue weighted by Crippen LogP contribution is 2.22. The fourth-order valence-electron chi connectivity index (χ4n) is 3.12. The van der Waals surface area contributed by atoms with E-state index in [2.05, 4.69) is 37.6 Å². The van der Waals surface area contributed by atoms with Crippen LogP contribution in [0.2, 0.25) is 0 Å². The molecule has 0 aliphatic carbocycles. The normalized spacial score (nSPS) is 15.7. The lowest BCUT2D eigenvalue weighted by Crippen LogP contribution is -2.52. The van der Waals surface area contributed by atoms with Crippen molar-refractivity contribution < 1.29 is 14.8 Å². The van der Waals surface area contributed by atoms with Crippen molar-refractivity contribution in [3.8, 4) is 5.75 Å². The van der Waals surface area contributed by atoms with Gasteiger partial charge in [-0.05, 0) is 36.6 Å². The van der Waals surface area contributed by atoms with E-state index < -0.39 is 11.0 Å². The number of guanidine groups is 1. The minimum Gasteiger partial charge on any atom is -0.491 e. The number of nitrogens with zero attached hydrogens (tertiary/aromatic N) is 4. The third-order valence-electron chi connectivity index (χ3n) is 4.67. The van der Waals surface area contributed by atoms with Crippen molar-refractivity contribution in [2.24, 2.45) is 4.99 Å². The number of rotatable bonds is 8. The molecule has 1 saturated heterocycles. The first kappa shape index (κ1) is 21.8. The van der Waals surface area contributed by atoms with Crippen LogP contribution in [0.25, 0.3) is 0 Å². The molecule has 2 heterocycles. The number of thiophene rings is 1. The molecule has 1 aromatic heterocycles. The Morgan fingerprint density at radius 2 is 2.03 bits per heavy atom. The summed E-state index contributed by atoms with van der Waals surface area (Å²) in [7, 11) is 0. The second-order valence-electron chi connectivity index (χ2n) is 6.84. The van der Waals surface area contributed by atoms with Crippen LogP contribution in [-0.2, 0) is 0 Å². The van der Waals surface area contributed by atoms with Crippen molar-refractivity contribution in [1.29, 1.82) is 0 Å². The van der Waals surface area contributed by atoms with Gasteiger partial charge in [-0.1, -0.05) is 0 Å². The van der Waals surface area contributed by atoms with Crippen LogP contribution in [0.1, 0.15) is 6.92 Å². The van der Waals surface area contributed by atoms with Crippen LogP contribution in [0, 0.1) is 10.1 Å². The fraction of sp³-hybridized carbons (Fsp3) is 0.450. The molecule has 0 radical (unpaired) electrons. The van der Waals surface area contributed by atoms with Crippen LogP contribution in [0.5, 0.6) is 5.75 Å². The number of nitro groups is 1. The maximum atomic E-state index is 10.7. The van der Waals surface area contributed by atoms with Gasteiger partial charge in [0.2, 0.25) is 0 Å². The molecular formula is C20H27N5O4S. The van der Waals surface area contributed by atoms with Gasteiger partial charge in [-0.25, -0.2) is 0 Å². The average Bonchev–Trinajstić information content (AvgIpc) is 3.30. The minimum atomic E-state index is -0.777. The molecule has 1 fully saturated rings. The number of benzene rings is 1. The number of nitrogens with one attached hydrogen (secondary N) is 1. The standard InChI is InChI=1S/C20H27N5O4S/c1-2-21-20(24-11-9-23(10-12-24)19-4-3-13-30-19)22-14-17(26)15-29-18-7-5-16(6-8-18)25(27)28/h3-8,13,17,26H,2,9-12,14-15H2,1H3,(H,21,22). The van der Waals surface area contributed by atoms with E-state index in [9.17, 15) is 15.2 Å². The van der Waals surface area contributed by atoms with E-state index in [1.807, 2.05) is 6.92 Å². The Morgan fingerprint density at radius 1 is 1.30 bits per heavy atom. The number of ether oxygens (including phenoxy) is 1. The molecule has 2 aromatic rings. The van der Waals surface area contributed by atoms with Gasteiger partial charge in [0, 0.05) is 44.9 Å². The van der Waals surface area contributed by atoms with Crippen molar-refractivity contribution in [1.82, 2.24) is 10.2 Å². The number of nitro benzene ring substituents is 1. The Bertz CT molecular complexity index is 820. The molecule has 1 atom stereocenters. The summed E-state index contributed by atoms with van der Waals surface area (Å²) < 4.78 is 5.51. The van der Waals surface area contributed by atoms with E-state index in [0.29, 0.717) is 5.75 Å². The molecule has 1 aromatic carbocycles. The molecule has 30 heavy (non-hydrogen) atoms. The number of non-ortho nitro benzene ring substituents is 1. The van der Waals surface area contributed by atoms with Gasteiger partial charge in [0.05, 0.1) is 16.5 Å². The summed E-state index contributed by atoms with van der Waals surface area (Å²) in [6, 6.07) is 9.99. The van der Waals surface area contributed by atoms with Crippen molar-refractivity contribution in [2.45, 2.75) is 13.0 Å². The summed E-state index contributed by atoms with van der Waals surface area (Å²) in [6.45, 7) is 6.62. The Hall–Kier alpha value is -2.85. The van der Waals surface area contributed by atoms with Crippen LogP contribution < -0.4 is 15.0 Å². The van der Waals surface area contributed by atoms with Crippen molar-refractivity contribution in [3.63, 3.8) is 0 Å². The first-order valence-electron chi connectivity index (χ1n) is 9.94. The van der Waals surface area contributed by atoms with Gasteiger partial charge in [0.15, 0.2) is 5.96 Å². The Balaban J connectivity index is 1.48. The highest BCUT2D eigenvalue weighted by atomic mass is 32.1. The number of aliphatic hydroxyl groups excluding tert-OH is 1. The zero-order valence-electron chi connectivity index (χ0n) is 16.9. The summed E-state index contributed by atoms with van der Waals surface area (Å²) in [5.41, 5.74) is 0.00181. The summed E-state index contributed by atoms with van der Waals surface area (Å²) in [5, 5.41) is 27.6. The first-order chi connectivity index (χ1) is 14.6. The van der Waals surface area contributed by atoms with Gasteiger partial charge >= 0.3 is 0 Å². The van der Waals surface area contributed by atoms with E-state index in [1.165, 1.54) is 29.3 Å². The molecule has 0 bridgehead atoms. The minimum absolute atomic E-state index is 0.00181. The predicted octanol–water partition coefficient (Wildman–Crippen LogP) is 2.18. The summed E-state index contributed by atoms with van der Waals surface area (Å²) in [5.74, 6) is 1.26. The third-order valence-corrected chi connectivity index (χ3v) is 5.60. The molecule has 1 aliphatic heterocycles. The van der Waals surface area contributed by atoms with Crippen LogP contribution >= 0.6 is 11.3 Å². The zero-order valence-corrected chi connectivity index (χ0v) is 17.8. The summed E-state index contributed by atoms with van der Waals surface area (Å²) in [4.78, 5) is 19.4. The second-order valence-corrected chi connectivity index (χ2v) is 7.76. The molecule has 1 aliphatic rings. The molecule has 3 rings (SSSR count). The van der Waals surface area contributed by atoms with E-state index in [1.54, 1.807) is 11.3 Å². The molecule has 0 spiro atoms. The van der Waals surface area contributed by atoms with Gasteiger partial charge in [-0.15, -0.1) is 11.3 Å². The van der Waals surface area contributed by atoms with Crippen LogP contribution in [-0.4, -0.2) is 72.9 Å². The highest BCUT2D eigenvalue weighted by Gasteiger charge is 2.20. The molecular weight excluding hydrogens is 406 g/mol. The number of hydrogen-bond donors (Lipinski definition) is 2. The van der Waals surface area contributed by atoms with E-state index >= 15 is 0 Å². The molecule has 1 unspecified atom stereocenters. The van der Waals surface area contributed by atoms with Gasteiger partial charge in [0.1, 0.15) is 18.5 Å². The van der Waals surface area contributed by atoms with Gasteiger partial charge in [0.25, 0.3) is 5.69 Å². The number of hydrogen-bond acceptors (Lipinski definition) is 7. The molecule has 10 heteroatoms. The molecule has 0 amide bonds. The summed E-state index contributed by atoms with van der Waals surface area (Å²) >= 11 is 1.75. The van der Waals surface area contributed by atoms with Crippen LogP contribution in [0.3, 0.4) is 0 Å². The van der Waals surface area contributed by atoms with E-state index in [4.69, 9.17) is 4.74 Å². The van der Waals surface area contributed by atoms with E-state index in [-0.39, 0.29) is 18.8 Å². The van der Waals surface area contributed by atoms with Crippen LogP contribution in [0.15, 0.2) is 46.8 Å². The van der Waals surface area contributed by atoms with E-state index in [0.717, 1.165) is 38.7 Å². The van der Waals surface area contributed by atoms with Gasteiger partial charge in [-0.3, -0.25) is 15.1 Å². The van der Waals surface area contributed by atoms with Gasteiger partial charge < -0.3 is 25.0 Å². The monoisotopic (exact) mass is 433 g/mol. The largest absolute Gasteiger partial charge is 0.491 e. The van der Waals surface area contributed by atoms with Gasteiger partial charge in [-0.2, -0.15) is 0 Å². The Labute approximate surface area is 179 Å². The average molecular weight is 434 g/mol. The number of aliphatic hydroxyl groups is 1. The maximum absolute atomic E-state index is 10.7. The lowest BCUT2D eigenvalue weighted by atomic mass is 10.3. The SMILES string of the molecule is CCNC(=NCC(O)COc1ccc([N+](=O)[O-])cc1)N1CCN(c2cccs2)CC1. The number of piperazine rings is 1. The smallest absolute Gasteiger partial charge is 0.269 e. The lowest BCUT2D eigenvalue weighted by molar-refractivity contribution is -0.384. The zero-order chi connectivity index (χ0) is 21.3. The van der Waals surface area contributed by atoms with Crippen molar-refractivity contribution in [2.75, 3.05) is 50.8 Å². The quantitative estimate of drug-likeness (QED) is 0.285. The molecule has 0 saturated carbocycles. The summed E-state index contributed by atoms with van der Waals surface area (Å²) in [6.07, 6.45) is -0.777. The predicted molar refractivity (Wildman–Crippen MR) is 119 cm³/mol. The Kier molecular flexibility index (Phi) is 7.86. The van der Waals surface area contributed by atoms with Crippen molar-refractivity contribution in [3.05, 3.63) is 51.9 Å². The highest BCUT2D eigenvalue weighted by molar-refractivity contribution is 7.14. The topological polar surface area (TPSA) is 103 Å². The molecule has 162 valence electrons. The Morgan fingerprint density at radius 3 is 2.63 bits per heavy atom. The third kappa shape index (κ3) is 6.07. The van der Waals surface area contributed by atoms with Crippen molar-refractivity contribution >= 4 is 28.0 Å². The molecule has 9 nitrogen and oxygen atoms in total. The second kappa shape index (κ2) is 10.8. The lowest BCUT2D eigenvalue weighted by Gasteiger charge is -2.37. The molecule has 2 N–H and O–H groups in total. The van der Waals surface area contributed by atoms with Crippen LogP contribution in [0.4, 0.5) is 10.7 Å². The fourth-order valence-corrected chi connectivity index (χ4v) is 3.90. The number of anilines is 1.